The fourth-order valence-corrected chi connectivity index (χ4v) is 5.77. The second kappa shape index (κ2) is 10.8. The Kier molecular flexibility index (Phi) is 7.28. The number of nitrogens with one attached hydrogen (secondary N) is 1. The third-order valence-corrected chi connectivity index (χ3v) is 8.32. The molecule has 0 atom stereocenters. The predicted octanol–water partition coefficient (Wildman–Crippen LogP) is 4.72. The Hall–Kier alpha value is -3.98. The third-order valence-electron chi connectivity index (χ3n) is 6.97. The van der Waals surface area contributed by atoms with Crippen molar-refractivity contribution in [2.75, 3.05) is 18.0 Å². The molecule has 1 amide bonds. The molecule has 1 saturated heterocycles. The van der Waals surface area contributed by atoms with Gasteiger partial charge in [-0.15, -0.1) is 0 Å². The van der Waals surface area contributed by atoms with Gasteiger partial charge < -0.3 is 4.90 Å². The lowest BCUT2D eigenvalue weighted by Gasteiger charge is -2.27. The molecule has 5 rings (SSSR count). The number of amides is 1. The summed E-state index contributed by atoms with van der Waals surface area (Å²) >= 11 is 0. The van der Waals surface area contributed by atoms with Crippen LogP contribution >= 0.6 is 0 Å². The van der Waals surface area contributed by atoms with Crippen LogP contribution in [0.4, 0.5) is 5.82 Å². The van der Waals surface area contributed by atoms with E-state index < -0.39 is 15.9 Å². The van der Waals surface area contributed by atoms with Crippen molar-refractivity contribution >= 4 is 21.7 Å². The Bertz CT molecular complexity index is 1520. The van der Waals surface area contributed by atoms with Crippen LogP contribution in [0.15, 0.2) is 77.8 Å². The van der Waals surface area contributed by atoms with E-state index in [4.69, 9.17) is 5.10 Å². The second-order valence-corrected chi connectivity index (χ2v) is 11.3. The van der Waals surface area contributed by atoms with Crippen molar-refractivity contribution in [1.29, 1.82) is 0 Å². The molecule has 0 bridgehead atoms. The zero-order valence-electron chi connectivity index (χ0n) is 21.6. The van der Waals surface area contributed by atoms with E-state index in [1.165, 1.54) is 18.6 Å². The zero-order chi connectivity index (χ0) is 26.7. The summed E-state index contributed by atoms with van der Waals surface area (Å²) in [7, 11) is -4.05. The Morgan fingerprint density at radius 1 is 0.921 bits per heavy atom. The van der Waals surface area contributed by atoms with Gasteiger partial charge in [0.2, 0.25) is 0 Å². The number of aryl methyl sites for hydroxylation is 2. The van der Waals surface area contributed by atoms with Gasteiger partial charge in [-0.05, 0) is 80.1 Å². The van der Waals surface area contributed by atoms with E-state index >= 15 is 0 Å². The van der Waals surface area contributed by atoms with Crippen molar-refractivity contribution in [1.82, 2.24) is 19.5 Å². The van der Waals surface area contributed by atoms with Crippen LogP contribution in [0, 0.1) is 13.8 Å². The second-order valence-electron chi connectivity index (χ2n) is 9.64. The summed E-state index contributed by atoms with van der Waals surface area (Å²) in [6, 6.07) is 19.4. The Labute approximate surface area is 223 Å². The summed E-state index contributed by atoms with van der Waals surface area (Å²) in [5.41, 5.74) is 4.63. The molecular formula is C29H31N5O3S. The molecule has 1 aliphatic heterocycles. The highest BCUT2D eigenvalue weighted by molar-refractivity contribution is 7.90. The molecule has 0 spiro atoms. The van der Waals surface area contributed by atoms with Gasteiger partial charge in [-0.3, -0.25) is 9.48 Å². The summed E-state index contributed by atoms with van der Waals surface area (Å²) < 4.78 is 29.5. The van der Waals surface area contributed by atoms with Crippen molar-refractivity contribution in [2.45, 2.75) is 44.6 Å². The highest BCUT2D eigenvalue weighted by atomic mass is 32.2. The van der Waals surface area contributed by atoms with E-state index in [9.17, 15) is 13.2 Å². The Morgan fingerprint density at radius 3 is 2.29 bits per heavy atom. The van der Waals surface area contributed by atoms with Crippen LogP contribution in [0.5, 0.6) is 0 Å². The van der Waals surface area contributed by atoms with E-state index in [0.29, 0.717) is 12.2 Å². The molecule has 1 aliphatic rings. The minimum absolute atomic E-state index is 0.0203. The van der Waals surface area contributed by atoms with Crippen molar-refractivity contribution in [3.8, 4) is 11.3 Å². The molecule has 3 heterocycles. The van der Waals surface area contributed by atoms with Crippen molar-refractivity contribution in [3.05, 3.63) is 95.3 Å². The van der Waals surface area contributed by atoms with Gasteiger partial charge in [0.05, 0.1) is 17.1 Å². The molecule has 0 aliphatic carbocycles. The first kappa shape index (κ1) is 25.7. The van der Waals surface area contributed by atoms with Gasteiger partial charge in [0.1, 0.15) is 11.5 Å². The van der Waals surface area contributed by atoms with Crippen LogP contribution in [0.1, 0.15) is 46.4 Å². The van der Waals surface area contributed by atoms with Gasteiger partial charge in [-0.2, -0.15) is 5.10 Å². The number of hydrogen-bond acceptors (Lipinski definition) is 6. The van der Waals surface area contributed by atoms with Gasteiger partial charge >= 0.3 is 0 Å². The normalized spacial score (nSPS) is 13.9. The number of hydrogen-bond donors (Lipinski definition) is 1. The van der Waals surface area contributed by atoms with E-state index in [2.05, 4.69) is 14.6 Å². The topological polar surface area (TPSA) is 97.2 Å². The number of carbonyl (C=O) groups excluding carboxylic acids is 1. The van der Waals surface area contributed by atoms with E-state index in [1.807, 2.05) is 44.2 Å². The molecule has 4 aromatic rings. The molecule has 8 nitrogen and oxygen atoms in total. The first-order chi connectivity index (χ1) is 18.3. The fraction of sp³-hybridized carbons (Fsp3) is 0.276. The van der Waals surface area contributed by atoms with Crippen LogP contribution in [0.3, 0.4) is 0 Å². The smallest absolute Gasteiger partial charge is 0.283 e. The number of anilines is 1. The molecule has 1 N–H and O–H groups in total. The fourth-order valence-electron chi connectivity index (χ4n) is 4.79. The number of rotatable bonds is 7. The van der Waals surface area contributed by atoms with E-state index in [1.54, 1.807) is 35.1 Å². The van der Waals surface area contributed by atoms with Crippen LogP contribution < -0.4 is 9.62 Å². The summed E-state index contributed by atoms with van der Waals surface area (Å²) in [4.78, 5) is 20.3. The third kappa shape index (κ3) is 5.47. The molecule has 2 aromatic heterocycles. The molecular weight excluding hydrogens is 498 g/mol. The van der Waals surface area contributed by atoms with Gasteiger partial charge in [-0.1, -0.05) is 36.4 Å². The summed E-state index contributed by atoms with van der Waals surface area (Å²) in [5, 5.41) is 4.73. The van der Waals surface area contributed by atoms with Crippen LogP contribution in [0.2, 0.25) is 0 Å². The van der Waals surface area contributed by atoms with Gasteiger partial charge in [0.15, 0.2) is 0 Å². The number of nitrogens with zero attached hydrogens (tertiary/aromatic N) is 4. The zero-order valence-corrected chi connectivity index (χ0v) is 22.4. The van der Waals surface area contributed by atoms with Crippen LogP contribution in [-0.4, -0.2) is 42.2 Å². The molecule has 1 fully saturated rings. The minimum Gasteiger partial charge on any atom is -0.357 e. The van der Waals surface area contributed by atoms with Crippen molar-refractivity contribution in [2.24, 2.45) is 0 Å². The van der Waals surface area contributed by atoms with Crippen molar-refractivity contribution < 1.29 is 13.2 Å². The van der Waals surface area contributed by atoms with Crippen molar-refractivity contribution in [3.63, 3.8) is 0 Å². The number of piperidine rings is 1. The molecule has 9 heteroatoms. The number of aromatic nitrogens is 3. The lowest BCUT2D eigenvalue weighted by atomic mass is 10.0. The average molecular weight is 530 g/mol. The van der Waals surface area contributed by atoms with Crippen LogP contribution in [-0.2, 0) is 16.6 Å². The Morgan fingerprint density at radius 2 is 1.63 bits per heavy atom. The maximum absolute atomic E-state index is 13.3. The summed E-state index contributed by atoms with van der Waals surface area (Å²) in [5.74, 6) is 0.187. The molecule has 38 heavy (non-hydrogen) atoms. The predicted molar refractivity (Wildman–Crippen MR) is 148 cm³/mol. The maximum Gasteiger partial charge on any atom is 0.283 e. The van der Waals surface area contributed by atoms with Gasteiger partial charge in [0, 0.05) is 24.8 Å². The first-order valence-corrected chi connectivity index (χ1v) is 14.3. The number of benzene rings is 2. The lowest BCUT2D eigenvalue weighted by Crippen LogP contribution is -2.32. The maximum atomic E-state index is 13.3. The summed E-state index contributed by atoms with van der Waals surface area (Å²) in [6.07, 6.45) is 5.34. The monoisotopic (exact) mass is 529 g/mol. The SMILES string of the molecule is Cc1cccc(C)c1Cn1nc(-c2ccc(N3CCCCC3)nc2)cc1C(=O)NS(=O)(=O)c1ccccc1. The highest BCUT2D eigenvalue weighted by Gasteiger charge is 2.24. The molecule has 0 unspecified atom stereocenters. The Balaban J connectivity index is 1.49. The first-order valence-electron chi connectivity index (χ1n) is 12.8. The highest BCUT2D eigenvalue weighted by Crippen LogP contribution is 2.25. The van der Waals surface area contributed by atoms with E-state index in [-0.39, 0.29) is 10.6 Å². The quantitative estimate of drug-likeness (QED) is 0.372. The van der Waals surface area contributed by atoms with Gasteiger partial charge in [-0.25, -0.2) is 18.1 Å². The average Bonchev–Trinajstić information content (AvgIpc) is 3.36. The number of pyridine rings is 1. The lowest BCUT2D eigenvalue weighted by molar-refractivity contribution is 0.0971. The minimum atomic E-state index is -4.05. The largest absolute Gasteiger partial charge is 0.357 e. The van der Waals surface area contributed by atoms with Gasteiger partial charge in [0.25, 0.3) is 15.9 Å². The molecule has 2 aromatic carbocycles. The molecule has 0 radical (unpaired) electrons. The molecule has 0 saturated carbocycles. The number of sulfonamides is 1. The standard InChI is InChI=1S/C29H31N5O3S/c1-21-10-9-11-22(2)25(21)20-34-27(29(35)32-38(36,37)24-12-5-3-6-13-24)18-26(31-34)23-14-15-28(30-19-23)33-16-7-4-8-17-33/h3,5-6,9-15,18-19H,4,7-8,16-17,20H2,1-2H3,(H,32,35). The van der Waals surface area contributed by atoms with Crippen LogP contribution in [0.25, 0.3) is 11.3 Å². The molecule has 196 valence electrons. The van der Waals surface area contributed by atoms with E-state index in [0.717, 1.165) is 54.0 Å². The number of carbonyl (C=O) groups is 1. The summed E-state index contributed by atoms with van der Waals surface area (Å²) in [6.45, 7) is 6.34.